The zero-order valence-electron chi connectivity index (χ0n) is 11.5. The van der Waals surface area contributed by atoms with Crippen LogP contribution in [0.1, 0.15) is 34.6 Å². The van der Waals surface area contributed by atoms with Crippen LogP contribution in [-0.4, -0.2) is 30.5 Å². The molecule has 0 bridgehead atoms. The van der Waals surface area contributed by atoms with Crippen molar-refractivity contribution in [2.45, 2.75) is 13.8 Å². The van der Waals surface area contributed by atoms with Gasteiger partial charge in [-0.25, -0.2) is 4.79 Å². The van der Waals surface area contributed by atoms with Crippen molar-refractivity contribution in [2.75, 3.05) is 13.7 Å². The number of carbonyl (C=O) groups is 2. The average molecular weight is 280 g/mol. The number of nitrogens with one attached hydrogen (secondary N) is 1. The molecular formula is C13H16N2O5. The van der Waals surface area contributed by atoms with Crippen molar-refractivity contribution in [3.8, 4) is 0 Å². The predicted octanol–water partition coefficient (Wildman–Crippen LogP) is 1.77. The molecule has 0 aliphatic heterocycles. The number of esters is 1. The Morgan fingerprint density at radius 2 is 1.90 bits per heavy atom. The Kier molecular flexibility index (Phi) is 5.19. The van der Waals surface area contributed by atoms with E-state index in [1.165, 1.54) is 13.2 Å². The van der Waals surface area contributed by atoms with Crippen LogP contribution < -0.4 is 5.32 Å². The van der Waals surface area contributed by atoms with Crippen LogP contribution in [0.15, 0.2) is 18.2 Å². The van der Waals surface area contributed by atoms with Gasteiger partial charge in [0, 0.05) is 24.2 Å². The van der Waals surface area contributed by atoms with E-state index in [4.69, 9.17) is 0 Å². The zero-order chi connectivity index (χ0) is 15.3. The molecule has 0 unspecified atom stereocenters. The molecule has 0 aliphatic carbocycles. The maximum absolute atomic E-state index is 11.9. The minimum absolute atomic E-state index is 0.0311. The van der Waals surface area contributed by atoms with Crippen molar-refractivity contribution in [1.29, 1.82) is 0 Å². The summed E-state index contributed by atoms with van der Waals surface area (Å²) < 4.78 is 4.51. The lowest BCUT2D eigenvalue weighted by atomic mass is 10.1. The molecule has 1 aromatic rings. The molecule has 1 rings (SSSR count). The largest absolute Gasteiger partial charge is 0.465 e. The van der Waals surface area contributed by atoms with Crippen LogP contribution in [0.5, 0.6) is 0 Å². The second kappa shape index (κ2) is 6.65. The molecule has 0 aromatic heterocycles. The molecule has 0 fully saturated rings. The molecule has 108 valence electrons. The van der Waals surface area contributed by atoms with Gasteiger partial charge < -0.3 is 10.1 Å². The number of nitro benzene ring substituents is 1. The summed E-state index contributed by atoms with van der Waals surface area (Å²) >= 11 is 0. The van der Waals surface area contributed by atoms with Crippen molar-refractivity contribution in [3.63, 3.8) is 0 Å². The van der Waals surface area contributed by atoms with Crippen LogP contribution in [0.4, 0.5) is 5.69 Å². The molecule has 0 radical (unpaired) electrons. The first kappa shape index (κ1) is 15.6. The van der Waals surface area contributed by atoms with Crippen molar-refractivity contribution in [2.24, 2.45) is 5.92 Å². The molecule has 0 aliphatic rings. The molecule has 0 atom stereocenters. The van der Waals surface area contributed by atoms with Crippen LogP contribution >= 0.6 is 0 Å². The topological polar surface area (TPSA) is 98.5 Å². The van der Waals surface area contributed by atoms with Crippen LogP contribution in [0.2, 0.25) is 0 Å². The van der Waals surface area contributed by atoms with Crippen LogP contribution in [0.25, 0.3) is 0 Å². The quantitative estimate of drug-likeness (QED) is 0.503. The number of nitro groups is 1. The van der Waals surface area contributed by atoms with Gasteiger partial charge in [0.05, 0.1) is 17.6 Å². The van der Waals surface area contributed by atoms with E-state index in [0.29, 0.717) is 6.54 Å². The minimum atomic E-state index is -0.730. The lowest BCUT2D eigenvalue weighted by Crippen LogP contribution is -2.27. The predicted molar refractivity (Wildman–Crippen MR) is 71.6 cm³/mol. The number of hydrogen-bond donors (Lipinski definition) is 1. The molecule has 0 saturated carbocycles. The second-order valence-corrected chi connectivity index (χ2v) is 4.62. The van der Waals surface area contributed by atoms with E-state index in [9.17, 15) is 19.7 Å². The molecule has 1 N–H and O–H groups in total. The van der Waals surface area contributed by atoms with Crippen molar-refractivity contribution < 1.29 is 19.2 Å². The summed E-state index contributed by atoms with van der Waals surface area (Å²) in [5, 5.41) is 13.5. The lowest BCUT2D eigenvalue weighted by Gasteiger charge is -2.08. The Morgan fingerprint density at radius 3 is 2.40 bits per heavy atom. The van der Waals surface area contributed by atoms with Crippen molar-refractivity contribution >= 4 is 17.6 Å². The Labute approximate surface area is 116 Å². The van der Waals surface area contributed by atoms with E-state index in [0.717, 1.165) is 12.1 Å². The number of benzene rings is 1. The normalized spacial score (nSPS) is 10.2. The smallest absolute Gasteiger partial charge is 0.338 e. The summed E-state index contributed by atoms with van der Waals surface area (Å²) in [6.07, 6.45) is 0. The van der Waals surface area contributed by atoms with E-state index in [1.54, 1.807) is 0 Å². The third-order valence-corrected chi connectivity index (χ3v) is 2.48. The Bertz CT molecular complexity index is 540. The highest BCUT2D eigenvalue weighted by Crippen LogP contribution is 2.18. The summed E-state index contributed by atoms with van der Waals surface area (Å²) in [6.45, 7) is 4.29. The number of hydrogen-bond acceptors (Lipinski definition) is 5. The first-order chi connectivity index (χ1) is 9.35. The number of non-ortho nitro benzene ring substituents is 1. The molecule has 7 nitrogen and oxygen atoms in total. The molecule has 1 aromatic carbocycles. The second-order valence-electron chi connectivity index (χ2n) is 4.62. The first-order valence-corrected chi connectivity index (χ1v) is 6.01. The van der Waals surface area contributed by atoms with Crippen molar-refractivity contribution in [3.05, 3.63) is 39.4 Å². The van der Waals surface area contributed by atoms with E-state index < -0.39 is 16.8 Å². The van der Waals surface area contributed by atoms with Gasteiger partial charge in [-0.05, 0) is 12.0 Å². The van der Waals surface area contributed by atoms with Crippen LogP contribution in [0, 0.1) is 16.0 Å². The van der Waals surface area contributed by atoms with Gasteiger partial charge in [0.15, 0.2) is 0 Å². The minimum Gasteiger partial charge on any atom is -0.465 e. The fraction of sp³-hybridized carbons (Fsp3) is 0.385. The molecule has 7 heteroatoms. The summed E-state index contributed by atoms with van der Waals surface area (Å²) in [5.41, 5.74) is -0.306. The van der Waals surface area contributed by atoms with E-state index >= 15 is 0 Å². The Balaban J connectivity index is 3.11. The van der Waals surface area contributed by atoms with Crippen LogP contribution in [-0.2, 0) is 4.74 Å². The maximum Gasteiger partial charge on any atom is 0.338 e. The van der Waals surface area contributed by atoms with E-state index in [1.807, 2.05) is 13.8 Å². The number of nitrogens with zero attached hydrogens (tertiary/aromatic N) is 1. The van der Waals surface area contributed by atoms with Gasteiger partial charge >= 0.3 is 5.97 Å². The van der Waals surface area contributed by atoms with Gasteiger partial charge in [-0.1, -0.05) is 13.8 Å². The third kappa shape index (κ3) is 4.04. The molecule has 0 heterocycles. The van der Waals surface area contributed by atoms with Gasteiger partial charge in [-0.15, -0.1) is 0 Å². The number of amides is 1. The molecule has 20 heavy (non-hydrogen) atoms. The highest BCUT2D eigenvalue weighted by atomic mass is 16.6. The summed E-state index contributed by atoms with van der Waals surface area (Å²) in [6, 6.07) is 3.47. The summed E-state index contributed by atoms with van der Waals surface area (Å²) in [4.78, 5) is 33.5. The fourth-order valence-electron chi connectivity index (χ4n) is 1.48. The number of methoxy groups -OCH3 is 1. The van der Waals surface area contributed by atoms with Gasteiger partial charge in [0.25, 0.3) is 11.6 Å². The van der Waals surface area contributed by atoms with E-state index in [-0.39, 0.29) is 22.7 Å². The summed E-state index contributed by atoms with van der Waals surface area (Å²) in [7, 11) is 1.17. The number of rotatable bonds is 5. The Hall–Kier alpha value is -2.44. The maximum atomic E-state index is 11.9. The molecular weight excluding hydrogens is 264 g/mol. The van der Waals surface area contributed by atoms with Gasteiger partial charge in [0.1, 0.15) is 0 Å². The third-order valence-electron chi connectivity index (χ3n) is 2.48. The Morgan fingerprint density at radius 1 is 1.30 bits per heavy atom. The summed E-state index contributed by atoms with van der Waals surface area (Å²) in [5.74, 6) is -0.947. The highest BCUT2D eigenvalue weighted by molar-refractivity contribution is 5.98. The average Bonchev–Trinajstić information content (AvgIpc) is 2.43. The molecule has 0 spiro atoms. The lowest BCUT2D eigenvalue weighted by molar-refractivity contribution is -0.384. The van der Waals surface area contributed by atoms with Gasteiger partial charge in [-0.3, -0.25) is 14.9 Å². The zero-order valence-corrected chi connectivity index (χ0v) is 11.5. The van der Waals surface area contributed by atoms with Crippen LogP contribution in [0.3, 0.4) is 0 Å². The number of carbonyl (C=O) groups excluding carboxylic acids is 2. The molecule has 0 saturated heterocycles. The van der Waals surface area contributed by atoms with Crippen molar-refractivity contribution in [1.82, 2.24) is 5.32 Å². The monoisotopic (exact) mass is 280 g/mol. The SMILES string of the molecule is COC(=O)c1cc(C(=O)NCC(C)C)cc([N+](=O)[O-])c1. The molecule has 1 amide bonds. The van der Waals surface area contributed by atoms with Gasteiger partial charge in [-0.2, -0.15) is 0 Å². The standard InChI is InChI=1S/C13H16N2O5/c1-8(2)7-14-12(16)9-4-10(13(17)20-3)6-11(5-9)15(18)19/h4-6,8H,7H2,1-3H3,(H,14,16). The fourth-order valence-corrected chi connectivity index (χ4v) is 1.48. The number of ether oxygens (including phenoxy) is 1. The van der Waals surface area contributed by atoms with Gasteiger partial charge in [0.2, 0.25) is 0 Å². The first-order valence-electron chi connectivity index (χ1n) is 6.01. The van der Waals surface area contributed by atoms with E-state index in [2.05, 4.69) is 10.1 Å². The highest BCUT2D eigenvalue weighted by Gasteiger charge is 2.18.